The molecule has 1 fully saturated rings. The molecule has 17 heavy (non-hydrogen) atoms. The van der Waals surface area contributed by atoms with Crippen LogP contribution in [0.3, 0.4) is 0 Å². The Kier molecular flexibility index (Phi) is 4.39. The van der Waals surface area contributed by atoms with Gasteiger partial charge in [-0.1, -0.05) is 11.6 Å². The molecule has 2 nitrogen and oxygen atoms in total. The Morgan fingerprint density at radius 3 is 2.94 bits per heavy atom. The fourth-order valence-electron chi connectivity index (χ4n) is 1.83. The van der Waals surface area contributed by atoms with Gasteiger partial charge in [0.25, 0.3) is 5.91 Å². The van der Waals surface area contributed by atoms with Crippen molar-refractivity contribution in [3.8, 4) is 0 Å². The maximum Gasteiger partial charge on any atom is 0.253 e. The maximum atomic E-state index is 12.2. The molecule has 1 unspecified atom stereocenters. The zero-order valence-electron chi connectivity index (χ0n) is 9.45. The highest BCUT2D eigenvalue weighted by Crippen LogP contribution is 2.26. The molecule has 1 aliphatic rings. The van der Waals surface area contributed by atoms with E-state index in [0.29, 0.717) is 16.6 Å². The van der Waals surface area contributed by atoms with Crippen LogP contribution in [0.5, 0.6) is 0 Å². The summed E-state index contributed by atoms with van der Waals surface area (Å²) in [5.74, 6) is 2.25. The van der Waals surface area contributed by atoms with Gasteiger partial charge < -0.3 is 4.90 Å². The van der Waals surface area contributed by atoms with Crippen LogP contribution in [-0.4, -0.2) is 35.4 Å². The minimum Gasteiger partial charge on any atom is -0.338 e. The van der Waals surface area contributed by atoms with Gasteiger partial charge >= 0.3 is 0 Å². The first-order valence-electron chi connectivity index (χ1n) is 5.39. The average molecular weight is 335 g/mol. The summed E-state index contributed by atoms with van der Waals surface area (Å²) in [6.07, 6.45) is 1.08. The van der Waals surface area contributed by atoms with E-state index in [9.17, 15) is 4.79 Å². The van der Waals surface area contributed by atoms with Gasteiger partial charge in [0, 0.05) is 28.9 Å². The molecule has 0 aromatic heterocycles. The molecule has 0 bridgehead atoms. The van der Waals surface area contributed by atoms with E-state index in [4.69, 9.17) is 11.6 Å². The summed E-state index contributed by atoms with van der Waals surface area (Å²) in [6.45, 7) is 0. The summed E-state index contributed by atoms with van der Waals surface area (Å²) >= 11 is 11.2. The van der Waals surface area contributed by atoms with Gasteiger partial charge in [0.15, 0.2) is 0 Å². The second kappa shape index (κ2) is 5.63. The Hall–Kier alpha value is -0.190. The Morgan fingerprint density at radius 1 is 1.59 bits per heavy atom. The lowest BCUT2D eigenvalue weighted by Gasteiger charge is -2.23. The molecule has 1 aliphatic heterocycles. The molecule has 0 aliphatic carbocycles. The molecule has 1 heterocycles. The lowest BCUT2D eigenvalue weighted by molar-refractivity contribution is 0.0748. The molecule has 1 amide bonds. The van der Waals surface area contributed by atoms with Crippen LogP contribution in [0.4, 0.5) is 0 Å². The summed E-state index contributed by atoms with van der Waals surface area (Å²) < 4.78 is 0.763. The molecule has 2 rings (SSSR count). The van der Waals surface area contributed by atoms with Crippen LogP contribution in [0, 0.1) is 0 Å². The molecule has 1 aromatic carbocycles. The largest absolute Gasteiger partial charge is 0.338 e. The van der Waals surface area contributed by atoms with Gasteiger partial charge in [0.2, 0.25) is 0 Å². The van der Waals surface area contributed by atoms with Gasteiger partial charge in [-0.05, 0) is 46.3 Å². The maximum absolute atomic E-state index is 12.2. The summed E-state index contributed by atoms with van der Waals surface area (Å²) in [7, 11) is 1.88. The zero-order valence-corrected chi connectivity index (χ0v) is 12.6. The number of benzene rings is 1. The second-order valence-electron chi connectivity index (χ2n) is 4.06. The first-order valence-corrected chi connectivity index (χ1v) is 7.72. The number of hydrogen-bond acceptors (Lipinski definition) is 2. The van der Waals surface area contributed by atoms with Crippen molar-refractivity contribution in [1.82, 2.24) is 4.90 Å². The van der Waals surface area contributed by atoms with Crippen molar-refractivity contribution in [1.29, 1.82) is 0 Å². The number of thioether (sulfide) groups is 1. The Balaban J connectivity index is 2.15. The topological polar surface area (TPSA) is 20.3 Å². The van der Waals surface area contributed by atoms with Gasteiger partial charge in [0.1, 0.15) is 0 Å². The summed E-state index contributed by atoms with van der Waals surface area (Å²) in [5, 5.41) is 0.626. The van der Waals surface area contributed by atoms with E-state index < -0.39 is 0 Å². The highest BCUT2D eigenvalue weighted by molar-refractivity contribution is 9.10. The van der Waals surface area contributed by atoms with Gasteiger partial charge in [-0.15, -0.1) is 0 Å². The smallest absolute Gasteiger partial charge is 0.253 e. The molecule has 0 saturated carbocycles. The van der Waals surface area contributed by atoms with E-state index in [1.54, 1.807) is 18.2 Å². The summed E-state index contributed by atoms with van der Waals surface area (Å²) in [4.78, 5) is 14.1. The number of rotatable bonds is 2. The predicted octanol–water partition coefficient (Wildman–Crippen LogP) is 3.68. The van der Waals surface area contributed by atoms with Crippen LogP contribution in [0.2, 0.25) is 5.02 Å². The van der Waals surface area contributed by atoms with Crippen LogP contribution in [0.1, 0.15) is 16.8 Å². The van der Waals surface area contributed by atoms with E-state index in [-0.39, 0.29) is 5.91 Å². The quantitative estimate of drug-likeness (QED) is 0.822. The van der Waals surface area contributed by atoms with Gasteiger partial charge in [-0.2, -0.15) is 11.8 Å². The van der Waals surface area contributed by atoms with Crippen molar-refractivity contribution in [2.75, 3.05) is 18.6 Å². The lowest BCUT2D eigenvalue weighted by Crippen LogP contribution is -2.36. The standard InChI is InChI=1S/C12H13BrClNOS/c1-15(9-4-5-17-7-9)12(16)8-2-3-11(14)10(13)6-8/h2-3,6,9H,4-5,7H2,1H3. The number of carbonyl (C=O) groups excluding carboxylic acids is 1. The van der Waals surface area contributed by atoms with E-state index in [1.807, 2.05) is 23.7 Å². The molecule has 1 aromatic rings. The molecule has 0 spiro atoms. The molecular formula is C12H13BrClNOS. The third kappa shape index (κ3) is 2.98. The first kappa shape index (κ1) is 13.2. The van der Waals surface area contributed by atoms with E-state index in [1.165, 1.54) is 0 Å². The molecular weight excluding hydrogens is 322 g/mol. The van der Waals surface area contributed by atoms with Gasteiger partial charge in [-0.3, -0.25) is 4.79 Å². The fraction of sp³-hybridized carbons (Fsp3) is 0.417. The Bertz CT molecular complexity index is 435. The highest BCUT2D eigenvalue weighted by atomic mass is 79.9. The summed E-state index contributed by atoms with van der Waals surface area (Å²) in [5.41, 5.74) is 0.681. The first-order chi connectivity index (χ1) is 8.09. The van der Waals surface area contributed by atoms with Gasteiger partial charge in [-0.25, -0.2) is 0 Å². The van der Waals surface area contributed by atoms with Crippen molar-refractivity contribution in [3.05, 3.63) is 33.3 Å². The number of carbonyl (C=O) groups is 1. The molecule has 1 atom stereocenters. The van der Waals surface area contributed by atoms with Crippen LogP contribution < -0.4 is 0 Å². The lowest BCUT2D eigenvalue weighted by atomic mass is 10.1. The van der Waals surface area contributed by atoms with E-state index >= 15 is 0 Å². The summed E-state index contributed by atoms with van der Waals surface area (Å²) in [6, 6.07) is 5.66. The van der Waals surface area contributed by atoms with Crippen LogP contribution in [-0.2, 0) is 0 Å². The van der Waals surface area contributed by atoms with Crippen molar-refractivity contribution in [3.63, 3.8) is 0 Å². The molecule has 5 heteroatoms. The van der Waals surface area contributed by atoms with E-state index in [2.05, 4.69) is 15.9 Å². The SMILES string of the molecule is CN(C(=O)c1ccc(Cl)c(Br)c1)C1CCSC1. The molecule has 0 N–H and O–H groups in total. The number of hydrogen-bond donors (Lipinski definition) is 0. The van der Waals surface area contributed by atoms with Crippen molar-refractivity contribution in [2.24, 2.45) is 0 Å². The minimum absolute atomic E-state index is 0.0647. The third-order valence-electron chi connectivity index (χ3n) is 2.94. The van der Waals surface area contributed by atoms with Crippen LogP contribution in [0.25, 0.3) is 0 Å². The third-order valence-corrected chi connectivity index (χ3v) is 5.30. The zero-order chi connectivity index (χ0) is 12.4. The monoisotopic (exact) mass is 333 g/mol. The Labute approximate surface area is 119 Å². The van der Waals surface area contributed by atoms with Crippen molar-refractivity contribution >= 4 is 45.2 Å². The average Bonchev–Trinajstić information content (AvgIpc) is 2.84. The van der Waals surface area contributed by atoms with E-state index in [0.717, 1.165) is 22.4 Å². The van der Waals surface area contributed by atoms with Crippen LogP contribution in [0.15, 0.2) is 22.7 Å². The Morgan fingerprint density at radius 2 is 2.35 bits per heavy atom. The van der Waals surface area contributed by atoms with Crippen LogP contribution >= 0.6 is 39.3 Å². The molecule has 1 saturated heterocycles. The normalized spacial score (nSPS) is 19.4. The molecule has 0 radical (unpaired) electrons. The number of halogens is 2. The second-order valence-corrected chi connectivity index (χ2v) is 6.47. The van der Waals surface area contributed by atoms with Crippen molar-refractivity contribution in [2.45, 2.75) is 12.5 Å². The van der Waals surface area contributed by atoms with Gasteiger partial charge in [0.05, 0.1) is 5.02 Å². The number of amides is 1. The number of nitrogens with zero attached hydrogens (tertiary/aromatic N) is 1. The predicted molar refractivity (Wildman–Crippen MR) is 77.0 cm³/mol. The fourth-order valence-corrected chi connectivity index (χ4v) is 3.59. The minimum atomic E-state index is 0.0647. The van der Waals surface area contributed by atoms with Crippen molar-refractivity contribution < 1.29 is 4.79 Å². The molecule has 92 valence electrons. The highest BCUT2D eigenvalue weighted by Gasteiger charge is 2.24.